The first kappa shape index (κ1) is 16.8. The van der Waals surface area contributed by atoms with Gasteiger partial charge in [0.2, 0.25) is 0 Å². The molecule has 5 heteroatoms. The van der Waals surface area contributed by atoms with Gasteiger partial charge in [0.15, 0.2) is 0 Å². The molecule has 2 amide bonds. The molecule has 1 heterocycles. The van der Waals surface area contributed by atoms with Crippen molar-refractivity contribution in [3.8, 4) is 0 Å². The molecule has 1 fully saturated rings. The van der Waals surface area contributed by atoms with Crippen molar-refractivity contribution in [1.82, 2.24) is 10.2 Å². The summed E-state index contributed by atoms with van der Waals surface area (Å²) in [6.45, 7) is 8.74. The van der Waals surface area contributed by atoms with E-state index >= 15 is 0 Å². The molecule has 0 saturated carbocycles. The predicted octanol–water partition coefficient (Wildman–Crippen LogP) is 2.71. The number of carboxylic acid groups (broad SMARTS) is 1. The van der Waals surface area contributed by atoms with E-state index in [2.05, 4.69) is 19.2 Å². The molecule has 116 valence electrons. The average molecular weight is 284 g/mol. The van der Waals surface area contributed by atoms with Crippen molar-refractivity contribution < 1.29 is 14.7 Å². The lowest BCUT2D eigenvalue weighted by atomic mass is 10.0. The third kappa shape index (κ3) is 4.69. The van der Waals surface area contributed by atoms with Crippen LogP contribution in [0.5, 0.6) is 0 Å². The van der Waals surface area contributed by atoms with Crippen LogP contribution in [0.15, 0.2) is 0 Å². The SMILES string of the molecule is CC(C)CCCC(C)NC(=O)N1CCC(C(=O)O)C1C. The van der Waals surface area contributed by atoms with Crippen LogP contribution in [0.25, 0.3) is 0 Å². The molecule has 0 aromatic rings. The maximum Gasteiger partial charge on any atom is 0.317 e. The Hall–Kier alpha value is -1.26. The standard InChI is InChI=1S/C15H28N2O3/c1-10(2)6-5-7-11(3)16-15(20)17-9-8-13(12(17)4)14(18)19/h10-13H,5-9H2,1-4H3,(H,16,20)(H,18,19). The van der Waals surface area contributed by atoms with E-state index in [1.165, 1.54) is 6.42 Å². The van der Waals surface area contributed by atoms with E-state index in [1.54, 1.807) is 4.90 Å². The van der Waals surface area contributed by atoms with Gasteiger partial charge >= 0.3 is 12.0 Å². The van der Waals surface area contributed by atoms with Crippen LogP contribution in [0.4, 0.5) is 4.79 Å². The molecule has 1 aliphatic heterocycles. The fourth-order valence-electron chi connectivity index (χ4n) is 2.75. The van der Waals surface area contributed by atoms with E-state index in [1.807, 2.05) is 13.8 Å². The maximum absolute atomic E-state index is 12.2. The average Bonchev–Trinajstić information content (AvgIpc) is 2.70. The second kappa shape index (κ2) is 7.50. The third-order valence-corrected chi connectivity index (χ3v) is 4.12. The van der Waals surface area contributed by atoms with Gasteiger partial charge in [-0.3, -0.25) is 4.79 Å². The van der Waals surface area contributed by atoms with Gasteiger partial charge in [-0.05, 0) is 32.6 Å². The van der Waals surface area contributed by atoms with Crippen LogP contribution >= 0.6 is 0 Å². The number of nitrogens with zero attached hydrogens (tertiary/aromatic N) is 1. The molecule has 20 heavy (non-hydrogen) atoms. The minimum atomic E-state index is -0.808. The molecule has 0 aliphatic carbocycles. The van der Waals surface area contributed by atoms with Crippen molar-refractivity contribution in [3.05, 3.63) is 0 Å². The van der Waals surface area contributed by atoms with Gasteiger partial charge in [0.05, 0.1) is 5.92 Å². The van der Waals surface area contributed by atoms with Crippen molar-refractivity contribution in [2.45, 2.75) is 65.5 Å². The van der Waals surface area contributed by atoms with Gasteiger partial charge in [0.25, 0.3) is 0 Å². The number of aliphatic carboxylic acids is 1. The summed E-state index contributed by atoms with van der Waals surface area (Å²) in [5, 5.41) is 12.1. The first-order valence-corrected chi connectivity index (χ1v) is 7.62. The topological polar surface area (TPSA) is 69.6 Å². The smallest absolute Gasteiger partial charge is 0.317 e. The second-order valence-corrected chi connectivity index (χ2v) is 6.34. The zero-order valence-electron chi connectivity index (χ0n) is 13.1. The second-order valence-electron chi connectivity index (χ2n) is 6.34. The van der Waals surface area contributed by atoms with Crippen molar-refractivity contribution >= 4 is 12.0 Å². The Morgan fingerprint density at radius 1 is 1.30 bits per heavy atom. The number of nitrogens with one attached hydrogen (secondary N) is 1. The summed E-state index contributed by atoms with van der Waals surface area (Å²) in [7, 11) is 0. The molecule has 1 rings (SSSR count). The Morgan fingerprint density at radius 3 is 2.45 bits per heavy atom. The first-order valence-electron chi connectivity index (χ1n) is 7.62. The third-order valence-electron chi connectivity index (χ3n) is 4.12. The highest BCUT2D eigenvalue weighted by Crippen LogP contribution is 2.24. The molecular formula is C15H28N2O3. The highest BCUT2D eigenvalue weighted by atomic mass is 16.4. The van der Waals surface area contributed by atoms with Crippen LogP contribution < -0.4 is 5.32 Å². The van der Waals surface area contributed by atoms with Gasteiger partial charge < -0.3 is 15.3 Å². The Balaban J connectivity index is 2.37. The number of amides is 2. The molecular weight excluding hydrogens is 256 g/mol. The van der Waals surface area contributed by atoms with E-state index in [0.29, 0.717) is 18.9 Å². The molecule has 0 spiro atoms. The lowest BCUT2D eigenvalue weighted by Crippen LogP contribution is -2.46. The van der Waals surface area contributed by atoms with Gasteiger partial charge in [0, 0.05) is 18.6 Å². The Morgan fingerprint density at radius 2 is 1.95 bits per heavy atom. The molecule has 0 radical (unpaired) electrons. The molecule has 0 aromatic carbocycles. The van der Waals surface area contributed by atoms with E-state index in [0.717, 1.165) is 12.8 Å². The highest BCUT2D eigenvalue weighted by molar-refractivity contribution is 5.78. The quantitative estimate of drug-likeness (QED) is 0.788. The van der Waals surface area contributed by atoms with Crippen molar-refractivity contribution in [3.63, 3.8) is 0 Å². The summed E-state index contributed by atoms with van der Waals surface area (Å²) in [5.74, 6) is -0.553. The number of carbonyl (C=O) groups excluding carboxylic acids is 1. The van der Waals surface area contributed by atoms with Crippen LogP contribution in [-0.2, 0) is 4.79 Å². The zero-order chi connectivity index (χ0) is 15.3. The minimum Gasteiger partial charge on any atom is -0.481 e. The number of rotatable bonds is 6. The van der Waals surface area contributed by atoms with E-state index in [9.17, 15) is 9.59 Å². The van der Waals surface area contributed by atoms with E-state index in [-0.39, 0.29) is 18.1 Å². The molecule has 5 nitrogen and oxygen atoms in total. The molecule has 0 bridgehead atoms. The molecule has 3 unspecified atom stereocenters. The van der Waals surface area contributed by atoms with Gasteiger partial charge in [-0.25, -0.2) is 4.79 Å². The summed E-state index contributed by atoms with van der Waals surface area (Å²) in [6.07, 6.45) is 3.79. The summed E-state index contributed by atoms with van der Waals surface area (Å²) in [5.41, 5.74) is 0. The normalized spacial score (nSPS) is 23.9. The van der Waals surface area contributed by atoms with Gasteiger partial charge in [-0.2, -0.15) is 0 Å². The Kier molecular flexibility index (Phi) is 6.30. The van der Waals surface area contributed by atoms with Crippen LogP contribution in [-0.4, -0.2) is 40.6 Å². The number of hydrogen-bond donors (Lipinski definition) is 2. The maximum atomic E-state index is 12.2. The fourth-order valence-corrected chi connectivity index (χ4v) is 2.75. The monoisotopic (exact) mass is 284 g/mol. The zero-order valence-corrected chi connectivity index (χ0v) is 13.1. The highest BCUT2D eigenvalue weighted by Gasteiger charge is 2.38. The number of urea groups is 1. The Bertz CT molecular complexity index is 344. The van der Waals surface area contributed by atoms with Crippen LogP contribution in [0.1, 0.15) is 53.4 Å². The number of hydrogen-bond acceptors (Lipinski definition) is 2. The number of likely N-dealkylation sites (tertiary alicyclic amines) is 1. The van der Waals surface area contributed by atoms with Crippen LogP contribution in [0, 0.1) is 11.8 Å². The van der Waals surface area contributed by atoms with Gasteiger partial charge in [0.1, 0.15) is 0 Å². The van der Waals surface area contributed by atoms with Crippen molar-refractivity contribution in [2.24, 2.45) is 11.8 Å². The molecule has 0 aromatic heterocycles. The fraction of sp³-hybridized carbons (Fsp3) is 0.867. The lowest BCUT2D eigenvalue weighted by Gasteiger charge is -2.25. The van der Waals surface area contributed by atoms with E-state index in [4.69, 9.17) is 5.11 Å². The number of carbonyl (C=O) groups is 2. The summed E-state index contributed by atoms with van der Waals surface area (Å²) in [4.78, 5) is 24.9. The molecule has 1 saturated heterocycles. The van der Waals surface area contributed by atoms with Crippen LogP contribution in [0.2, 0.25) is 0 Å². The molecule has 1 aliphatic rings. The van der Waals surface area contributed by atoms with Gasteiger partial charge in [-0.1, -0.05) is 26.7 Å². The summed E-state index contributed by atoms with van der Waals surface area (Å²) < 4.78 is 0. The first-order chi connectivity index (χ1) is 9.32. The van der Waals surface area contributed by atoms with E-state index < -0.39 is 11.9 Å². The molecule has 3 atom stereocenters. The summed E-state index contributed by atoms with van der Waals surface area (Å²) in [6, 6.07) is -0.217. The van der Waals surface area contributed by atoms with Crippen LogP contribution in [0.3, 0.4) is 0 Å². The Labute approximate surface area is 121 Å². The molecule has 2 N–H and O–H groups in total. The van der Waals surface area contributed by atoms with Gasteiger partial charge in [-0.15, -0.1) is 0 Å². The predicted molar refractivity (Wildman–Crippen MR) is 78.6 cm³/mol. The lowest BCUT2D eigenvalue weighted by molar-refractivity contribution is -0.142. The number of carboxylic acids is 1. The largest absolute Gasteiger partial charge is 0.481 e. The van der Waals surface area contributed by atoms with Crippen molar-refractivity contribution in [2.75, 3.05) is 6.54 Å². The minimum absolute atomic E-state index is 0.127. The summed E-state index contributed by atoms with van der Waals surface area (Å²) >= 11 is 0. The van der Waals surface area contributed by atoms with Crippen molar-refractivity contribution in [1.29, 1.82) is 0 Å².